The highest BCUT2D eigenvalue weighted by molar-refractivity contribution is 5.22. The van der Waals surface area contributed by atoms with Crippen LogP contribution in [0.5, 0.6) is 0 Å². The minimum absolute atomic E-state index is 0.156. The highest BCUT2D eigenvalue weighted by Crippen LogP contribution is 2.31. The Hall–Kier alpha value is -1.27. The molecule has 6 N–H and O–H groups in total. The zero-order valence-corrected chi connectivity index (χ0v) is 12.6. The molecule has 0 unspecified atom stereocenters. The van der Waals surface area contributed by atoms with Crippen molar-refractivity contribution in [2.45, 2.75) is 54.9 Å². The Balaban J connectivity index is 1.81. The third-order valence-electron chi connectivity index (χ3n) is 4.70. The van der Waals surface area contributed by atoms with Gasteiger partial charge in [-0.05, 0) is 11.1 Å². The first-order chi connectivity index (χ1) is 11.5. The van der Waals surface area contributed by atoms with Gasteiger partial charge < -0.3 is 40.3 Å². The van der Waals surface area contributed by atoms with E-state index in [0.717, 1.165) is 0 Å². The van der Waals surface area contributed by atoms with Gasteiger partial charge in [0.1, 0.15) is 30.5 Å². The molecule has 0 radical (unpaired) electrons. The first kappa shape index (κ1) is 17.5. The van der Waals surface area contributed by atoms with Crippen molar-refractivity contribution < 1.29 is 35.0 Å². The number of hydrogen-bond donors (Lipinski definition) is 6. The van der Waals surface area contributed by atoms with Gasteiger partial charge in [0.15, 0.2) is 6.29 Å². The van der Waals surface area contributed by atoms with Gasteiger partial charge in [-0.15, -0.1) is 0 Å². The summed E-state index contributed by atoms with van der Waals surface area (Å²) in [6, 6.07) is -2.54. The Morgan fingerprint density at radius 3 is 2.67 bits per heavy atom. The molecule has 2 bridgehead atoms. The average molecular weight is 344 g/mol. The smallest absolute Gasteiger partial charge is 0.169 e. The summed E-state index contributed by atoms with van der Waals surface area (Å²) in [5, 5.41) is 56.0. The summed E-state index contributed by atoms with van der Waals surface area (Å²) in [6.07, 6.45) is -5.31. The molecule has 2 aliphatic heterocycles. The molecule has 0 aromatic rings. The topological polar surface area (TPSA) is 180 Å². The third kappa shape index (κ3) is 2.90. The highest BCUT2D eigenvalue weighted by Gasteiger charge is 2.51. The summed E-state index contributed by atoms with van der Waals surface area (Å²) in [5.74, 6) is 0. The van der Waals surface area contributed by atoms with Crippen LogP contribution in [-0.4, -0.2) is 93.7 Å². The number of nitrogens with one attached hydrogen (secondary N) is 1. The second-order valence-corrected chi connectivity index (χ2v) is 6.11. The Morgan fingerprint density at radius 2 is 2.00 bits per heavy atom. The van der Waals surface area contributed by atoms with Crippen molar-refractivity contribution in [2.75, 3.05) is 13.2 Å². The van der Waals surface area contributed by atoms with Crippen LogP contribution in [0.2, 0.25) is 0 Å². The molecule has 1 aliphatic carbocycles. The molecule has 2 heterocycles. The molecule has 9 atom stereocenters. The number of rotatable bonds is 4. The fourth-order valence-corrected chi connectivity index (χ4v) is 3.35. The van der Waals surface area contributed by atoms with E-state index in [1.165, 1.54) is 6.08 Å². The van der Waals surface area contributed by atoms with Crippen LogP contribution >= 0.6 is 0 Å². The minimum atomic E-state index is -1.49. The van der Waals surface area contributed by atoms with E-state index in [-0.39, 0.29) is 12.2 Å². The maximum absolute atomic E-state index is 10.4. The maximum atomic E-state index is 10.4. The zero-order chi connectivity index (χ0) is 17.4. The summed E-state index contributed by atoms with van der Waals surface area (Å²) in [5.41, 5.74) is 8.78. The number of aliphatic hydroxyl groups is 5. The summed E-state index contributed by atoms with van der Waals surface area (Å²) in [7, 11) is 0. The predicted molar refractivity (Wildman–Crippen MR) is 77.5 cm³/mol. The Kier molecular flexibility index (Phi) is 5.06. The molecular weight excluding hydrogens is 324 g/mol. The Morgan fingerprint density at radius 1 is 1.25 bits per heavy atom. The number of azide groups is 1. The molecule has 0 spiro atoms. The van der Waals surface area contributed by atoms with E-state index in [1.54, 1.807) is 0 Å². The first-order valence-corrected chi connectivity index (χ1v) is 7.59. The summed E-state index contributed by atoms with van der Waals surface area (Å²) < 4.78 is 10.9. The lowest BCUT2D eigenvalue weighted by atomic mass is 9.86. The van der Waals surface area contributed by atoms with E-state index in [0.29, 0.717) is 0 Å². The summed E-state index contributed by atoms with van der Waals surface area (Å²) in [4.78, 5) is 2.68. The fraction of sp³-hybridized carbons (Fsp3) is 0.846. The van der Waals surface area contributed by atoms with E-state index < -0.39 is 61.5 Å². The Bertz CT molecular complexity index is 554. The van der Waals surface area contributed by atoms with Crippen molar-refractivity contribution in [1.82, 2.24) is 5.32 Å². The van der Waals surface area contributed by atoms with Crippen LogP contribution in [0.1, 0.15) is 0 Å². The standard InChI is InChI=1S/C13H20N4O7/c14-17-16-8-11(21)7(6-3-23-13(8)24-6)15-5-1-4(2-18)9(19)12(22)10(5)20/h1,5-13,15,18-22H,2-3H2/t5-,6+,7+,8+,9+,10-,11-,12-,13+/m0/s1. The van der Waals surface area contributed by atoms with Crippen molar-refractivity contribution in [3.8, 4) is 0 Å². The van der Waals surface area contributed by atoms with Crippen LogP contribution in [0, 0.1) is 0 Å². The van der Waals surface area contributed by atoms with Gasteiger partial charge in [0, 0.05) is 4.91 Å². The molecule has 11 heteroatoms. The monoisotopic (exact) mass is 344 g/mol. The van der Waals surface area contributed by atoms with Gasteiger partial charge in [-0.2, -0.15) is 0 Å². The number of aliphatic hydroxyl groups excluding tert-OH is 5. The maximum Gasteiger partial charge on any atom is 0.169 e. The quantitative estimate of drug-likeness (QED) is 0.136. The second kappa shape index (κ2) is 6.92. The van der Waals surface area contributed by atoms with Gasteiger partial charge in [-0.1, -0.05) is 11.2 Å². The number of nitrogens with zero attached hydrogens (tertiary/aromatic N) is 3. The van der Waals surface area contributed by atoms with Crippen LogP contribution in [-0.2, 0) is 9.47 Å². The molecule has 3 aliphatic rings. The number of fused-ring (bicyclic) bond motifs is 2. The van der Waals surface area contributed by atoms with Crippen molar-refractivity contribution in [3.63, 3.8) is 0 Å². The Labute approximate surface area is 136 Å². The summed E-state index contributed by atoms with van der Waals surface area (Å²) >= 11 is 0. The van der Waals surface area contributed by atoms with E-state index in [2.05, 4.69) is 15.3 Å². The van der Waals surface area contributed by atoms with Crippen molar-refractivity contribution in [3.05, 3.63) is 22.1 Å². The van der Waals surface area contributed by atoms with Crippen LogP contribution in [0.15, 0.2) is 16.8 Å². The zero-order valence-electron chi connectivity index (χ0n) is 12.6. The van der Waals surface area contributed by atoms with Crippen molar-refractivity contribution in [2.24, 2.45) is 5.11 Å². The molecule has 24 heavy (non-hydrogen) atoms. The average Bonchev–Trinajstić information content (AvgIpc) is 3.01. The lowest BCUT2D eigenvalue weighted by molar-refractivity contribution is -0.147. The van der Waals surface area contributed by atoms with Gasteiger partial charge in [-0.25, -0.2) is 0 Å². The SMILES string of the molecule is [N-]=[N+]=N[C@H]1[C@@H]2OC[C@@H](O2)[C@@H](N[C@H]2C=C(CO)[C@@H](O)[C@H](O)[C@H]2O)[C@@H]1O. The molecule has 0 amide bonds. The van der Waals surface area contributed by atoms with E-state index in [4.69, 9.17) is 15.0 Å². The molecule has 3 rings (SSSR count). The second-order valence-electron chi connectivity index (χ2n) is 6.11. The molecule has 2 saturated heterocycles. The van der Waals surface area contributed by atoms with E-state index in [9.17, 15) is 25.5 Å². The lowest BCUT2D eigenvalue weighted by Crippen LogP contribution is -2.64. The van der Waals surface area contributed by atoms with Gasteiger partial charge in [0.05, 0.1) is 31.4 Å². The first-order valence-electron chi connectivity index (χ1n) is 7.59. The largest absolute Gasteiger partial charge is 0.392 e. The van der Waals surface area contributed by atoms with Gasteiger partial charge >= 0.3 is 0 Å². The lowest BCUT2D eigenvalue weighted by Gasteiger charge is -2.41. The van der Waals surface area contributed by atoms with Crippen LogP contribution < -0.4 is 5.32 Å². The molecule has 0 saturated carbocycles. The van der Waals surface area contributed by atoms with Crippen molar-refractivity contribution in [1.29, 1.82) is 0 Å². The third-order valence-corrected chi connectivity index (χ3v) is 4.70. The predicted octanol–water partition coefficient (Wildman–Crippen LogP) is -2.88. The number of hydrogen-bond acceptors (Lipinski definition) is 9. The highest BCUT2D eigenvalue weighted by atomic mass is 16.7. The molecule has 11 nitrogen and oxygen atoms in total. The van der Waals surface area contributed by atoms with Gasteiger partial charge in [0.25, 0.3) is 0 Å². The molecular formula is C13H20N4O7. The summed E-state index contributed by atoms with van der Waals surface area (Å²) in [6.45, 7) is -0.315. The molecule has 134 valence electrons. The minimum Gasteiger partial charge on any atom is -0.392 e. The normalized spacial score (nSPS) is 47.9. The van der Waals surface area contributed by atoms with Crippen LogP contribution in [0.3, 0.4) is 0 Å². The van der Waals surface area contributed by atoms with Gasteiger partial charge in [0.2, 0.25) is 0 Å². The van der Waals surface area contributed by atoms with Crippen LogP contribution in [0.25, 0.3) is 10.4 Å². The van der Waals surface area contributed by atoms with E-state index >= 15 is 0 Å². The molecule has 0 aromatic carbocycles. The van der Waals surface area contributed by atoms with Gasteiger partial charge in [-0.3, -0.25) is 0 Å². The molecule has 0 aromatic heterocycles. The fourth-order valence-electron chi connectivity index (χ4n) is 3.35. The molecule has 2 fully saturated rings. The number of ether oxygens (including phenoxy) is 2. The van der Waals surface area contributed by atoms with Crippen LogP contribution in [0.4, 0.5) is 0 Å². The van der Waals surface area contributed by atoms with Crippen molar-refractivity contribution >= 4 is 0 Å². The van der Waals surface area contributed by atoms with E-state index in [1.807, 2.05) is 0 Å².